The van der Waals surface area contributed by atoms with E-state index < -0.39 is 9.39 Å². The zero-order valence-electron chi connectivity index (χ0n) is 24.1. The highest BCUT2D eigenvalue weighted by Crippen LogP contribution is 2.48. The number of rotatable bonds is 8. The quantitative estimate of drug-likeness (QED) is 0.273. The highest BCUT2D eigenvalue weighted by atomic mass is 32.2. The summed E-state index contributed by atoms with van der Waals surface area (Å²) in [6.45, 7) is 16.3. The Bertz CT molecular complexity index is 1610. The van der Waals surface area contributed by atoms with E-state index >= 15 is 0 Å². The molecule has 2 fully saturated rings. The average molecular weight is 573 g/mol. The molecule has 2 unspecified atom stereocenters. The smallest absolute Gasteiger partial charge is 0.189 e. The van der Waals surface area contributed by atoms with E-state index in [-0.39, 0.29) is 0 Å². The minimum Gasteiger partial charge on any atom is -0.364 e. The third-order valence-electron chi connectivity index (χ3n) is 8.67. The maximum atomic E-state index is 4.90. The molecule has 8 heteroatoms. The van der Waals surface area contributed by atoms with E-state index in [0.29, 0.717) is 12.1 Å². The van der Waals surface area contributed by atoms with Crippen molar-refractivity contribution >= 4 is 54.9 Å². The second-order valence-corrected chi connectivity index (χ2v) is 15.1. The van der Waals surface area contributed by atoms with Crippen LogP contribution in [0.25, 0.3) is 16.1 Å². The van der Waals surface area contributed by atoms with Crippen molar-refractivity contribution in [2.45, 2.75) is 70.0 Å². The first-order chi connectivity index (χ1) is 19.1. The zero-order valence-corrected chi connectivity index (χ0v) is 25.7. The first kappa shape index (κ1) is 27.1. The number of fused-ring (bicyclic) bond motifs is 1. The Morgan fingerprint density at radius 1 is 1.12 bits per heavy atom. The number of nitrogens with zero attached hydrogens (tertiary/aromatic N) is 4. The van der Waals surface area contributed by atoms with Gasteiger partial charge in [0.25, 0.3) is 0 Å². The molecule has 3 aliphatic rings. The fraction of sp³-hybridized carbons (Fsp3) is 0.375. The van der Waals surface area contributed by atoms with Gasteiger partial charge in [-0.1, -0.05) is 42.3 Å². The Labute approximate surface area is 243 Å². The van der Waals surface area contributed by atoms with Crippen molar-refractivity contribution in [1.29, 1.82) is 0 Å². The van der Waals surface area contributed by atoms with Crippen molar-refractivity contribution in [3.63, 3.8) is 0 Å². The molecule has 40 heavy (non-hydrogen) atoms. The monoisotopic (exact) mass is 572 g/mol. The van der Waals surface area contributed by atoms with Crippen molar-refractivity contribution in [3.05, 3.63) is 66.0 Å². The molecule has 0 amide bonds. The molecular formula is C32H40N6S2. The summed E-state index contributed by atoms with van der Waals surface area (Å²) in [6, 6.07) is 11.6. The van der Waals surface area contributed by atoms with Gasteiger partial charge in [0.2, 0.25) is 0 Å². The molecule has 1 saturated heterocycles. The summed E-state index contributed by atoms with van der Waals surface area (Å²) in [7, 11) is 0.246. The fourth-order valence-electron chi connectivity index (χ4n) is 6.10. The Hall–Kier alpha value is -3.07. The van der Waals surface area contributed by atoms with E-state index in [9.17, 15) is 0 Å². The van der Waals surface area contributed by atoms with Gasteiger partial charge in [0.15, 0.2) is 5.13 Å². The minimum atomic E-state index is -1.71. The van der Waals surface area contributed by atoms with E-state index in [1.165, 1.54) is 24.0 Å². The molecule has 4 heterocycles. The first-order valence-electron chi connectivity index (χ1n) is 14.1. The van der Waals surface area contributed by atoms with Gasteiger partial charge in [-0.05, 0) is 94.8 Å². The van der Waals surface area contributed by atoms with Gasteiger partial charge in [-0.25, -0.2) is 9.97 Å². The lowest BCUT2D eigenvalue weighted by Gasteiger charge is -2.28. The Morgan fingerprint density at radius 3 is 2.58 bits per heavy atom. The number of hydrogen-bond donors (Lipinski definition) is 2. The summed E-state index contributed by atoms with van der Waals surface area (Å²) < 4.78 is 3.41. The summed E-state index contributed by atoms with van der Waals surface area (Å²) in [5.41, 5.74) is 6.93. The van der Waals surface area contributed by atoms with Crippen LogP contribution < -0.4 is 14.9 Å². The second kappa shape index (κ2) is 10.1. The van der Waals surface area contributed by atoms with Gasteiger partial charge in [0, 0.05) is 40.5 Å². The average Bonchev–Trinajstić information content (AvgIpc) is 3.54. The van der Waals surface area contributed by atoms with Crippen LogP contribution in [0.5, 0.6) is 0 Å². The van der Waals surface area contributed by atoms with Gasteiger partial charge in [0.1, 0.15) is 11.6 Å². The van der Waals surface area contributed by atoms with E-state index in [0.717, 1.165) is 74.5 Å². The molecular weight excluding hydrogens is 533 g/mol. The molecule has 6 nitrogen and oxygen atoms in total. The molecule has 3 aromatic rings. The van der Waals surface area contributed by atoms with Crippen LogP contribution in [0.4, 0.5) is 16.8 Å². The van der Waals surface area contributed by atoms with Crippen LogP contribution in [-0.4, -0.2) is 45.7 Å². The third-order valence-corrected chi connectivity index (χ3v) is 11.7. The summed E-state index contributed by atoms with van der Waals surface area (Å²) in [6.07, 6.45) is 4.75. The standard InChI is InChI=1S/C32H40N6S2/c1-19-12-13-20(2)38(19)29-11-9-10-28(35-29)36-32-34-21(3)31(39-32)25-16-26-18-37(22(4)24-14-15-24)23(5)30(26)27(17-25)40(7,8)33-6/h9-11,16-17,20,22,24,33H,1,5,7-8,12-15,18H2,2-4,6H3,(H,34,35,36). The number of thiazole rings is 1. The van der Waals surface area contributed by atoms with Crippen LogP contribution in [0.2, 0.25) is 0 Å². The van der Waals surface area contributed by atoms with Crippen molar-refractivity contribution < 1.29 is 0 Å². The first-order valence-corrected chi connectivity index (χ1v) is 16.9. The lowest BCUT2D eigenvalue weighted by molar-refractivity contribution is 0.290. The maximum Gasteiger partial charge on any atom is 0.189 e. The number of aryl methyl sites for hydroxylation is 1. The summed E-state index contributed by atoms with van der Waals surface area (Å²) in [4.78, 5) is 16.8. The van der Waals surface area contributed by atoms with Gasteiger partial charge >= 0.3 is 0 Å². The lowest BCUT2D eigenvalue weighted by Crippen LogP contribution is -2.28. The maximum absolute atomic E-state index is 4.90. The van der Waals surface area contributed by atoms with Gasteiger partial charge in [-0.3, -0.25) is 4.72 Å². The van der Waals surface area contributed by atoms with Gasteiger partial charge in [-0.15, -0.1) is 9.39 Å². The summed E-state index contributed by atoms with van der Waals surface area (Å²) >= 11 is 1.66. The summed E-state index contributed by atoms with van der Waals surface area (Å²) in [5, 5.41) is 4.30. The molecule has 2 N–H and O–H groups in total. The number of aromatic nitrogens is 2. The number of allylic oxidation sites excluding steroid dienone is 1. The van der Waals surface area contributed by atoms with Crippen molar-refractivity contribution in [3.8, 4) is 10.4 Å². The molecule has 6 rings (SSSR count). The van der Waals surface area contributed by atoms with Crippen LogP contribution in [0.3, 0.4) is 0 Å². The zero-order chi connectivity index (χ0) is 28.3. The SMILES string of the molecule is C=C1c2c(cc(-c3sc(Nc4cccc(N5C(=C)CCC5C)n4)nc3C)cc2S(=C)(=C)NC)CN1C(C)C1CC1. The van der Waals surface area contributed by atoms with E-state index in [1.807, 2.05) is 19.2 Å². The van der Waals surface area contributed by atoms with Crippen molar-refractivity contribution in [2.75, 3.05) is 17.3 Å². The van der Waals surface area contributed by atoms with Gasteiger partial charge in [-0.2, -0.15) is 0 Å². The second-order valence-electron chi connectivity index (χ2n) is 11.5. The molecule has 1 saturated carbocycles. The molecule has 2 aliphatic heterocycles. The van der Waals surface area contributed by atoms with E-state index in [1.54, 1.807) is 11.3 Å². The molecule has 1 aliphatic carbocycles. The van der Waals surface area contributed by atoms with Crippen molar-refractivity contribution in [1.82, 2.24) is 19.6 Å². The van der Waals surface area contributed by atoms with Crippen LogP contribution in [-0.2, 0) is 6.54 Å². The number of pyridine rings is 1. The third kappa shape index (κ3) is 4.76. The van der Waals surface area contributed by atoms with Gasteiger partial charge in [0.05, 0.1) is 10.6 Å². The summed E-state index contributed by atoms with van der Waals surface area (Å²) in [5.74, 6) is 11.5. The highest BCUT2D eigenvalue weighted by Gasteiger charge is 2.37. The minimum absolute atomic E-state index is 0.408. The van der Waals surface area contributed by atoms with Crippen molar-refractivity contribution in [2.24, 2.45) is 5.92 Å². The predicted molar refractivity (Wildman–Crippen MR) is 176 cm³/mol. The number of nitrogens with one attached hydrogen (secondary N) is 2. The fourth-order valence-corrected chi connectivity index (χ4v) is 8.27. The number of anilines is 3. The number of hydrogen-bond acceptors (Lipinski definition) is 7. The highest BCUT2D eigenvalue weighted by molar-refractivity contribution is 8.26. The topological polar surface area (TPSA) is 56.3 Å². The Kier molecular flexibility index (Phi) is 6.84. The molecule has 2 atom stereocenters. The number of benzene rings is 1. The lowest BCUT2D eigenvalue weighted by atomic mass is 10.0. The van der Waals surface area contributed by atoms with Crippen LogP contribution in [0.1, 0.15) is 56.4 Å². The van der Waals surface area contributed by atoms with Crippen LogP contribution >= 0.6 is 20.7 Å². The molecule has 2 aromatic heterocycles. The largest absolute Gasteiger partial charge is 0.364 e. The van der Waals surface area contributed by atoms with Gasteiger partial charge < -0.3 is 15.1 Å². The van der Waals surface area contributed by atoms with Crippen LogP contribution in [0.15, 0.2) is 54.1 Å². The molecule has 0 spiro atoms. The predicted octanol–water partition coefficient (Wildman–Crippen LogP) is 7.51. The van der Waals surface area contributed by atoms with E-state index in [4.69, 9.17) is 9.97 Å². The molecule has 1 aromatic carbocycles. The van der Waals surface area contributed by atoms with Crippen LogP contribution in [0, 0.1) is 12.8 Å². The normalized spacial score (nSPS) is 19.9. The Balaban J connectivity index is 1.34. The Morgan fingerprint density at radius 2 is 1.90 bits per heavy atom. The molecule has 0 radical (unpaired) electrons. The molecule has 0 bridgehead atoms. The van der Waals surface area contributed by atoms with E-state index in [2.05, 4.69) is 83.7 Å². The molecule has 210 valence electrons.